The van der Waals surface area contributed by atoms with Crippen molar-refractivity contribution in [2.24, 2.45) is 17.3 Å². The average Bonchev–Trinajstić information content (AvgIpc) is 3.06. The lowest BCUT2D eigenvalue weighted by molar-refractivity contribution is -0.154. The third-order valence-electron chi connectivity index (χ3n) is 6.45. The van der Waals surface area contributed by atoms with E-state index in [-0.39, 0.29) is 24.2 Å². The average molecular weight is 417 g/mol. The molecule has 0 radical (unpaired) electrons. The molecule has 0 saturated carbocycles. The van der Waals surface area contributed by atoms with Gasteiger partial charge in [-0.15, -0.1) is 0 Å². The van der Waals surface area contributed by atoms with Crippen molar-refractivity contribution in [3.63, 3.8) is 0 Å². The zero-order valence-electron chi connectivity index (χ0n) is 19.0. The van der Waals surface area contributed by atoms with Crippen LogP contribution in [0.1, 0.15) is 66.4 Å². The van der Waals surface area contributed by atoms with Crippen molar-refractivity contribution < 1.29 is 24.5 Å². The Morgan fingerprint density at radius 3 is 2.30 bits per heavy atom. The number of carbonyl (C=O) groups excluding carboxylic acids is 2. The third-order valence-corrected chi connectivity index (χ3v) is 6.45. The molecule has 0 aliphatic heterocycles. The van der Waals surface area contributed by atoms with E-state index in [2.05, 4.69) is 0 Å². The molecule has 0 saturated heterocycles. The van der Waals surface area contributed by atoms with Crippen molar-refractivity contribution in [2.75, 3.05) is 0 Å². The van der Waals surface area contributed by atoms with Gasteiger partial charge in [-0.1, -0.05) is 65.0 Å². The van der Waals surface area contributed by atoms with E-state index in [0.717, 1.165) is 24.0 Å². The molecule has 5 nitrogen and oxygen atoms in total. The van der Waals surface area contributed by atoms with Crippen molar-refractivity contribution in [1.29, 1.82) is 0 Å². The summed E-state index contributed by atoms with van der Waals surface area (Å²) in [5.41, 5.74) is 2.20. The monoisotopic (exact) mass is 416 g/mol. The fourth-order valence-corrected chi connectivity index (χ4v) is 4.15. The molecule has 0 fully saturated rings. The van der Waals surface area contributed by atoms with Crippen LogP contribution in [0.25, 0.3) is 5.57 Å². The standard InChI is InChI=1S/C25H36O5/c1-15(2)23(28)17(4)24(29)25(5,6)21(26)14-22(27)30-20-13-12-19(16(20)3)18-10-8-7-9-11-18/h7-11,15,17,20-21,23,26,28H,12-14H2,1-6H3/t17-,20+,21+,23+/m1/s1. The van der Waals surface area contributed by atoms with Gasteiger partial charge in [0.05, 0.1) is 24.0 Å². The molecule has 0 aromatic heterocycles. The molecule has 1 aromatic rings. The SMILES string of the molecule is CC1=C(c2ccccc2)CC[C@@H]1OC(=O)C[C@H](O)C(C)(C)C(=O)[C@H](C)[C@@H](O)C(C)C. The molecule has 0 heterocycles. The van der Waals surface area contributed by atoms with Gasteiger partial charge in [0.2, 0.25) is 0 Å². The molecule has 0 unspecified atom stereocenters. The van der Waals surface area contributed by atoms with Crippen molar-refractivity contribution in [2.45, 2.75) is 79.1 Å². The minimum Gasteiger partial charge on any atom is -0.458 e. The molecule has 30 heavy (non-hydrogen) atoms. The Labute approximate surface area is 180 Å². The van der Waals surface area contributed by atoms with Gasteiger partial charge in [-0.2, -0.15) is 0 Å². The summed E-state index contributed by atoms with van der Waals surface area (Å²) in [4.78, 5) is 25.4. The molecule has 4 atom stereocenters. The number of hydrogen-bond acceptors (Lipinski definition) is 5. The molecule has 1 aliphatic carbocycles. The fraction of sp³-hybridized carbons (Fsp3) is 0.600. The van der Waals surface area contributed by atoms with Crippen LogP contribution >= 0.6 is 0 Å². The molecule has 1 aromatic carbocycles. The number of rotatable bonds is 9. The summed E-state index contributed by atoms with van der Waals surface area (Å²) in [6.45, 7) is 10.6. The summed E-state index contributed by atoms with van der Waals surface area (Å²) in [6.07, 6.45) is -0.978. The Bertz CT molecular complexity index is 778. The molecule has 0 bridgehead atoms. The number of benzene rings is 1. The largest absolute Gasteiger partial charge is 0.458 e. The van der Waals surface area contributed by atoms with E-state index >= 15 is 0 Å². The number of ether oxygens (including phenoxy) is 1. The third kappa shape index (κ3) is 5.38. The highest BCUT2D eigenvalue weighted by Crippen LogP contribution is 2.36. The van der Waals surface area contributed by atoms with Crippen molar-refractivity contribution in [3.8, 4) is 0 Å². The lowest BCUT2D eigenvalue weighted by Gasteiger charge is -2.33. The van der Waals surface area contributed by atoms with E-state index in [1.807, 2.05) is 51.1 Å². The van der Waals surface area contributed by atoms with Gasteiger partial charge >= 0.3 is 5.97 Å². The second-order valence-electron chi connectivity index (χ2n) is 9.37. The second kappa shape index (κ2) is 9.88. The van der Waals surface area contributed by atoms with Gasteiger partial charge in [-0.05, 0) is 42.4 Å². The van der Waals surface area contributed by atoms with Crippen LogP contribution in [0.3, 0.4) is 0 Å². The molecule has 2 N–H and O–H groups in total. The van der Waals surface area contributed by atoms with Gasteiger partial charge in [0.15, 0.2) is 0 Å². The fourth-order valence-electron chi connectivity index (χ4n) is 4.15. The maximum absolute atomic E-state index is 12.9. The number of ketones is 1. The van der Waals surface area contributed by atoms with Crippen LogP contribution in [0, 0.1) is 17.3 Å². The van der Waals surface area contributed by atoms with Gasteiger partial charge in [0.25, 0.3) is 0 Å². The van der Waals surface area contributed by atoms with E-state index in [4.69, 9.17) is 4.74 Å². The summed E-state index contributed by atoms with van der Waals surface area (Å²) in [5.74, 6) is -1.47. The van der Waals surface area contributed by atoms with E-state index in [1.165, 1.54) is 5.57 Å². The lowest BCUT2D eigenvalue weighted by atomic mass is 9.73. The quantitative estimate of drug-likeness (QED) is 0.591. The Hall–Kier alpha value is -1.98. The summed E-state index contributed by atoms with van der Waals surface area (Å²) >= 11 is 0. The van der Waals surface area contributed by atoms with Gasteiger partial charge in [0.1, 0.15) is 11.9 Å². The molecule has 0 amide bonds. The predicted molar refractivity (Wildman–Crippen MR) is 118 cm³/mol. The maximum atomic E-state index is 12.9. The number of carbonyl (C=O) groups is 2. The normalized spacial score (nSPS) is 20.2. The molecule has 2 rings (SSSR count). The molecular formula is C25H36O5. The van der Waals surface area contributed by atoms with Gasteiger partial charge in [-0.3, -0.25) is 9.59 Å². The van der Waals surface area contributed by atoms with Crippen LogP contribution in [-0.4, -0.2) is 40.3 Å². The first-order valence-corrected chi connectivity index (χ1v) is 10.8. The Morgan fingerprint density at radius 2 is 1.73 bits per heavy atom. The first kappa shape index (κ1) is 24.3. The lowest BCUT2D eigenvalue weighted by Crippen LogP contribution is -2.45. The van der Waals surface area contributed by atoms with Crippen LogP contribution in [-0.2, 0) is 14.3 Å². The summed E-state index contributed by atoms with van der Waals surface area (Å²) < 4.78 is 5.65. The van der Waals surface area contributed by atoms with E-state index < -0.39 is 29.5 Å². The van der Waals surface area contributed by atoms with Gasteiger partial charge in [0, 0.05) is 5.92 Å². The van der Waals surface area contributed by atoms with Crippen LogP contribution in [0.2, 0.25) is 0 Å². The minimum atomic E-state index is -1.18. The molecule has 0 spiro atoms. The Balaban J connectivity index is 2.00. The van der Waals surface area contributed by atoms with E-state index in [0.29, 0.717) is 0 Å². The van der Waals surface area contributed by atoms with Crippen LogP contribution < -0.4 is 0 Å². The highest BCUT2D eigenvalue weighted by Gasteiger charge is 2.42. The number of allylic oxidation sites excluding steroid dienone is 1. The summed E-state index contributed by atoms with van der Waals surface area (Å²) in [6, 6.07) is 10.0. The van der Waals surface area contributed by atoms with Crippen LogP contribution in [0.15, 0.2) is 35.9 Å². The Kier molecular flexibility index (Phi) is 8.00. The molecule has 166 valence electrons. The topological polar surface area (TPSA) is 83.8 Å². The molecule has 1 aliphatic rings. The molecule has 5 heteroatoms. The van der Waals surface area contributed by atoms with Crippen molar-refractivity contribution >= 4 is 17.3 Å². The zero-order valence-corrected chi connectivity index (χ0v) is 19.0. The maximum Gasteiger partial charge on any atom is 0.309 e. The zero-order chi connectivity index (χ0) is 22.6. The Morgan fingerprint density at radius 1 is 1.13 bits per heavy atom. The predicted octanol–water partition coefficient (Wildman–Crippen LogP) is 4.17. The van der Waals surface area contributed by atoms with Gasteiger partial charge < -0.3 is 14.9 Å². The van der Waals surface area contributed by atoms with E-state index in [1.54, 1.807) is 20.8 Å². The van der Waals surface area contributed by atoms with Crippen LogP contribution in [0.5, 0.6) is 0 Å². The second-order valence-corrected chi connectivity index (χ2v) is 9.37. The smallest absolute Gasteiger partial charge is 0.309 e. The number of hydrogen-bond donors (Lipinski definition) is 2. The van der Waals surface area contributed by atoms with Crippen molar-refractivity contribution in [3.05, 3.63) is 41.5 Å². The summed E-state index contributed by atoms with van der Waals surface area (Å²) in [7, 11) is 0. The number of aliphatic hydroxyl groups excluding tert-OH is 2. The van der Waals surface area contributed by atoms with Crippen molar-refractivity contribution in [1.82, 2.24) is 0 Å². The number of esters is 1. The first-order chi connectivity index (χ1) is 14.0. The number of aliphatic hydroxyl groups is 2. The van der Waals surface area contributed by atoms with E-state index in [9.17, 15) is 19.8 Å². The number of Topliss-reactive ketones (excluding diaryl/α,β-unsaturated/α-hetero) is 1. The van der Waals surface area contributed by atoms with Gasteiger partial charge in [-0.25, -0.2) is 0 Å². The summed E-state index contributed by atoms with van der Waals surface area (Å²) in [5, 5.41) is 20.9. The highest BCUT2D eigenvalue weighted by molar-refractivity contribution is 5.88. The first-order valence-electron chi connectivity index (χ1n) is 10.8. The molecular weight excluding hydrogens is 380 g/mol. The van der Waals surface area contributed by atoms with Crippen LogP contribution in [0.4, 0.5) is 0 Å². The highest BCUT2D eigenvalue weighted by atomic mass is 16.5. The minimum absolute atomic E-state index is 0.0715.